The Labute approximate surface area is 105 Å². The Hall–Kier alpha value is -0.610. The largest absolute Gasteiger partial charge is 0.361 e. The molecule has 0 aliphatic heterocycles. The van der Waals surface area contributed by atoms with Crippen LogP contribution < -0.4 is 11.1 Å². The molecule has 0 rings (SSSR count). The average molecular weight is 244 g/mol. The molecule has 0 saturated heterocycles. The number of carbonyl (C=O) groups excluding carboxylic acids is 1. The lowest BCUT2D eigenvalue weighted by Crippen LogP contribution is -2.50. The van der Waals surface area contributed by atoms with Crippen LogP contribution in [0.5, 0.6) is 0 Å². The van der Waals surface area contributed by atoms with Gasteiger partial charge in [-0.1, -0.05) is 13.8 Å². The van der Waals surface area contributed by atoms with Gasteiger partial charge in [-0.2, -0.15) is 0 Å². The predicted molar refractivity (Wildman–Crippen MR) is 70.8 cm³/mol. The summed E-state index contributed by atoms with van der Waals surface area (Å²) >= 11 is 0. The number of rotatable bonds is 7. The first-order valence-corrected chi connectivity index (χ1v) is 6.39. The molecule has 0 radical (unpaired) electrons. The lowest BCUT2D eigenvalue weighted by Gasteiger charge is -2.32. The van der Waals surface area contributed by atoms with E-state index in [1.165, 1.54) is 0 Å². The van der Waals surface area contributed by atoms with Gasteiger partial charge >= 0.3 is 0 Å². The van der Waals surface area contributed by atoms with E-state index in [0.29, 0.717) is 6.54 Å². The van der Waals surface area contributed by atoms with Crippen molar-refractivity contribution in [2.24, 2.45) is 5.73 Å². The Bertz CT molecular complexity index is 248. The molecule has 4 nitrogen and oxygen atoms in total. The van der Waals surface area contributed by atoms with Crippen molar-refractivity contribution < 1.29 is 9.53 Å². The third kappa shape index (κ3) is 5.50. The van der Waals surface area contributed by atoms with Crippen LogP contribution in [0, 0.1) is 0 Å². The van der Waals surface area contributed by atoms with Gasteiger partial charge in [0.2, 0.25) is 5.91 Å². The fourth-order valence-electron chi connectivity index (χ4n) is 1.28. The maximum atomic E-state index is 12.0. The van der Waals surface area contributed by atoms with E-state index in [1.54, 1.807) is 6.92 Å². The van der Waals surface area contributed by atoms with E-state index in [0.717, 1.165) is 12.8 Å². The molecular weight excluding hydrogens is 216 g/mol. The first-order valence-electron chi connectivity index (χ1n) is 6.39. The van der Waals surface area contributed by atoms with Gasteiger partial charge in [-0.3, -0.25) is 4.79 Å². The molecule has 0 aromatic heterocycles. The van der Waals surface area contributed by atoms with E-state index in [-0.39, 0.29) is 11.4 Å². The first-order chi connectivity index (χ1) is 7.69. The van der Waals surface area contributed by atoms with Gasteiger partial charge in [0.15, 0.2) is 0 Å². The van der Waals surface area contributed by atoms with Gasteiger partial charge in [-0.15, -0.1) is 0 Å². The summed E-state index contributed by atoms with van der Waals surface area (Å²) in [6.45, 7) is 12.2. The molecule has 0 aromatic rings. The second-order valence-corrected chi connectivity index (χ2v) is 5.49. The SMILES string of the molecule is CCC(C)(C)NC(=O)C(C)OC(C)(CC)CN. The van der Waals surface area contributed by atoms with Crippen LogP contribution in [0.1, 0.15) is 54.4 Å². The van der Waals surface area contributed by atoms with Gasteiger partial charge in [-0.25, -0.2) is 0 Å². The fraction of sp³-hybridized carbons (Fsp3) is 0.923. The van der Waals surface area contributed by atoms with E-state index < -0.39 is 11.7 Å². The van der Waals surface area contributed by atoms with Gasteiger partial charge in [0.05, 0.1) is 5.60 Å². The quantitative estimate of drug-likeness (QED) is 0.718. The Morgan fingerprint density at radius 3 is 2.18 bits per heavy atom. The molecule has 17 heavy (non-hydrogen) atoms. The highest BCUT2D eigenvalue weighted by Gasteiger charge is 2.29. The summed E-state index contributed by atoms with van der Waals surface area (Å²) in [5, 5.41) is 2.97. The van der Waals surface area contributed by atoms with Crippen molar-refractivity contribution in [2.75, 3.05) is 6.54 Å². The summed E-state index contributed by atoms with van der Waals surface area (Å²) in [5.74, 6) is -0.0787. The van der Waals surface area contributed by atoms with E-state index in [2.05, 4.69) is 5.32 Å². The van der Waals surface area contributed by atoms with Crippen molar-refractivity contribution in [2.45, 2.75) is 71.6 Å². The number of nitrogens with two attached hydrogens (primary N) is 1. The Kier molecular flexibility index (Phi) is 6.13. The lowest BCUT2D eigenvalue weighted by atomic mass is 10.0. The number of hydrogen-bond donors (Lipinski definition) is 2. The summed E-state index contributed by atoms with van der Waals surface area (Å²) in [6, 6.07) is 0. The standard InChI is InChI=1S/C13H28N2O2/c1-7-12(4,5)15-11(16)10(3)17-13(6,8-2)9-14/h10H,7-9,14H2,1-6H3,(H,15,16). The minimum atomic E-state index is -0.477. The summed E-state index contributed by atoms with van der Waals surface area (Å²) in [7, 11) is 0. The van der Waals surface area contributed by atoms with Crippen molar-refractivity contribution >= 4 is 5.91 Å². The maximum Gasteiger partial charge on any atom is 0.249 e. The Balaban J connectivity index is 4.42. The summed E-state index contributed by atoms with van der Waals surface area (Å²) < 4.78 is 5.75. The van der Waals surface area contributed by atoms with Crippen molar-refractivity contribution in [3.63, 3.8) is 0 Å². The topological polar surface area (TPSA) is 64.3 Å². The smallest absolute Gasteiger partial charge is 0.249 e. The molecule has 0 spiro atoms. The number of ether oxygens (including phenoxy) is 1. The molecule has 4 heteroatoms. The molecular formula is C13H28N2O2. The van der Waals surface area contributed by atoms with Crippen molar-refractivity contribution in [1.82, 2.24) is 5.32 Å². The molecule has 2 atom stereocenters. The zero-order chi connectivity index (χ0) is 13.7. The molecule has 3 N–H and O–H groups in total. The monoisotopic (exact) mass is 244 g/mol. The summed E-state index contributed by atoms with van der Waals surface area (Å²) in [6.07, 6.45) is 1.19. The first kappa shape index (κ1) is 16.4. The van der Waals surface area contributed by atoms with Crippen LogP contribution in [0.3, 0.4) is 0 Å². The second-order valence-electron chi connectivity index (χ2n) is 5.49. The van der Waals surface area contributed by atoms with Crippen LogP contribution in [-0.2, 0) is 9.53 Å². The molecule has 102 valence electrons. The molecule has 0 aromatic carbocycles. The van der Waals surface area contributed by atoms with Crippen LogP contribution in [0.4, 0.5) is 0 Å². The molecule has 0 aliphatic rings. The molecule has 0 heterocycles. The van der Waals surface area contributed by atoms with Crippen LogP contribution in [-0.4, -0.2) is 29.7 Å². The minimum absolute atomic E-state index is 0.0787. The molecule has 2 unspecified atom stereocenters. The normalized spacial score (nSPS) is 17.4. The van der Waals surface area contributed by atoms with Crippen molar-refractivity contribution in [1.29, 1.82) is 0 Å². The van der Waals surface area contributed by atoms with Crippen LogP contribution in [0.25, 0.3) is 0 Å². The lowest BCUT2D eigenvalue weighted by molar-refractivity contribution is -0.144. The van der Waals surface area contributed by atoms with E-state index in [4.69, 9.17) is 10.5 Å². The average Bonchev–Trinajstić information content (AvgIpc) is 2.28. The van der Waals surface area contributed by atoms with Gasteiger partial charge < -0.3 is 15.8 Å². The highest BCUT2D eigenvalue weighted by Crippen LogP contribution is 2.17. The zero-order valence-corrected chi connectivity index (χ0v) is 12.1. The highest BCUT2D eigenvalue weighted by molar-refractivity contribution is 5.81. The number of hydrogen-bond acceptors (Lipinski definition) is 3. The number of nitrogens with one attached hydrogen (secondary N) is 1. The van der Waals surface area contributed by atoms with Crippen molar-refractivity contribution in [3.05, 3.63) is 0 Å². The van der Waals surface area contributed by atoms with Gasteiger partial charge in [-0.05, 0) is 40.5 Å². The minimum Gasteiger partial charge on any atom is -0.361 e. The molecule has 0 fully saturated rings. The Morgan fingerprint density at radius 2 is 1.82 bits per heavy atom. The fourth-order valence-corrected chi connectivity index (χ4v) is 1.28. The zero-order valence-electron chi connectivity index (χ0n) is 12.1. The van der Waals surface area contributed by atoms with Crippen LogP contribution in [0.2, 0.25) is 0 Å². The van der Waals surface area contributed by atoms with E-state index in [1.807, 2.05) is 34.6 Å². The number of amides is 1. The highest BCUT2D eigenvalue weighted by atomic mass is 16.5. The van der Waals surface area contributed by atoms with Gasteiger partial charge in [0.1, 0.15) is 6.10 Å². The molecule has 0 bridgehead atoms. The third-order valence-electron chi connectivity index (χ3n) is 3.36. The molecule has 0 saturated carbocycles. The van der Waals surface area contributed by atoms with Crippen LogP contribution in [0.15, 0.2) is 0 Å². The molecule has 0 aliphatic carbocycles. The maximum absolute atomic E-state index is 12.0. The summed E-state index contributed by atoms with van der Waals surface area (Å²) in [4.78, 5) is 12.0. The summed E-state index contributed by atoms with van der Waals surface area (Å²) in [5.41, 5.74) is 5.04. The third-order valence-corrected chi connectivity index (χ3v) is 3.36. The second kappa shape index (κ2) is 6.36. The van der Waals surface area contributed by atoms with Gasteiger partial charge in [0, 0.05) is 12.1 Å². The van der Waals surface area contributed by atoms with Gasteiger partial charge in [0.25, 0.3) is 0 Å². The number of carbonyl (C=O) groups is 1. The predicted octanol–water partition coefficient (Wildman–Crippen LogP) is 1.82. The molecule has 1 amide bonds. The Morgan fingerprint density at radius 1 is 1.29 bits per heavy atom. The van der Waals surface area contributed by atoms with E-state index in [9.17, 15) is 4.79 Å². The van der Waals surface area contributed by atoms with E-state index >= 15 is 0 Å². The van der Waals surface area contributed by atoms with Crippen LogP contribution >= 0.6 is 0 Å². The van der Waals surface area contributed by atoms with Crippen molar-refractivity contribution in [3.8, 4) is 0 Å².